The van der Waals surface area contributed by atoms with Crippen molar-refractivity contribution in [2.45, 2.75) is 19.0 Å². The van der Waals surface area contributed by atoms with Crippen molar-refractivity contribution in [2.75, 3.05) is 11.9 Å². The number of oxazole rings is 1. The molecule has 0 spiro atoms. The monoisotopic (exact) mass is 209 g/mol. The van der Waals surface area contributed by atoms with Gasteiger partial charge in [0, 0.05) is 6.07 Å². The summed E-state index contributed by atoms with van der Waals surface area (Å²) in [6.45, 7) is 1.11. The van der Waals surface area contributed by atoms with Crippen LogP contribution >= 0.6 is 11.3 Å². The second-order valence-corrected chi connectivity index (χ2v) is 4.46. The first-order valence-corrected chi connectivity index (χ1v) is 5.56. The molecule has 0 aromatic carbocycles. The summed E-state index contributed by atoms with van der Waals surface area (Å²) in [4.78, 5) is 5.07. The number of aromatic nitrogens is 1. The molecule has 74 valence electrons. The van der Waals surface area contributed by atoms with Crippen LogP contribution in [-0.2, 0) is 0 Å². The number of nitrogens with zero attached hydrogens (tertiary/aromatic N) is 1. The molecule has 1 saturated heterocycles. The molecule has 0 amide bonds. The molecule has 0 radical (unpaired) electrons. The number of anilines is 1. The number of rotatable bonds is 2. The van der Waals surface area contributed by atoms with Gasteiger partial charge in [-0.25, -0.2) is 4.98 Å². The molecule has 1 fully saturated rings. The maximum atomic E-state index is 5.20. The fourth-order valence-corrected chi connectivity index (χ4v) is 2.60. The maximum Gasteiger partial charge on any atom is 0.182 e. The zero-order valence-electron chi connectivity index (χ0n) is 7.62. The highest BCUT2D eigenvalue weighted by molar-refractivity contribution is 7.22. The number of fused-ring (bicyclic) bond motifs is 1. The van der Waals surface area contributed by atoms with Crippen LogP contribution in [0, 0.1) is 0 Å². The van der Waals surface area contributed by atoms with Gasteiger partial charge in [-0.1, -0.05) is 11.3 Å². The normalized spacial score (nSPS) is 21.9. The van der Waals surface area contributed by atoms with Crippen molar-refractivity contribution < 1.29 is 4.42 Å². The molecule has 2 aromatic heterocycles. The van der Waals surface area contributed by atoms with Gasteiger partial charge in [-0.05, 0) is 19.4 Å². The maximum absolute atomic E-state index is 5.20. The fourth-order valence-electron chi connectivity index (χ4n) is 1.72. The summed E-state index contributed by atoms with van der Waals surface area (Å²) in [5.74, 6) is 0. The molecular formula is C9H11N3OS. The Balaban J connectivity index is 1.80. The molecule has 14 heavy (non-hydrogen) atoms. The first kappa shape index (κ1) is 8.26. The second-order valence-electron chi connectivity index (χ2n) is 3.43. The molecule has 3 heterocycles. The molecule has 3 rings (SSSR count). The van der Waals surface area contributed by atoms with Gasteiger partial charge in [-0.3, -0.25) is 5.32 Å². The average Bonchev–Trinajstić information content (AvgIpc) is 2.78. The number of nitrogens with one attached hydrogen (secondary N) is 2. The first-order valence-electron chi connectivity index (χ1n) is 4.75. The highest BCUT2D eigenvalue weighted by atomic mass is 32.1. The largest absolute Gasteiger partial charge is 0.442 e. The van der Waals surface area contributed by atoms with Gasteiger partial charge in [0.1, 0.15) is 0 Å². The Hall–Kier alpha value is -1.07. The zero-order chi connectivity index (χ0) is 9.38. The van der Waals surface area contributed by atoms with E-state index in [0.717, 1.165) is 22.0 Å². The summed E-state index contributed by atoms with van der Waals surface area (Å²) < 4.78 is 5.20. The third kappa shape index (κ3) is 1.38. The Kier molecular flexibility index (Phi) is 1.92. The molecule has 2 N–H and O–H groups in total. The van der Waals surface area contributed by atoms with Crippen molar-refractivity contribution in [2.24, 2.45) is 0 Å². The van der Waals surface area contributed by atoms with E-state index in [2.05, 4.69) is 15.6 Å². The summed E-state index contributed by atoms with van der Waals surface area (Å²) >= 11 is 1.63. The van der Waals surface area contributed by atoms with Crippen LogP contribution in [0.1, 0.15) is 12.8 Å². The van der Waals surface area contributed by atoms with Crippen molar-refractivity contribution in [1.82, 2.24) is 10.3 Å². The van der Waals surface area contributed by atoms with E-state index in [1.54, 1.807) is 11.3 Å². The van der Waals surface area contributed by atoms with Gasteiger partial charge in [0.25, 0.3) is 0 Å². The van der Waals surface area contributed by atoms with Gasteiger partial charge in [0.15, 0.2) is 16.8 Å². The molecule has 1 aliphatic heterocycles. The van der Waals surface area contributed by atoms with Crippen LogP contribution in [0.5, 0.6) is 0 Å². The van der Waals surface area contributed by atoms with Gasteiger partial charge in [0.2, 0.25) is 0 Å². The Labute approximate surface area is 85.3 Å². The Morgan fingerprint density at radius 1 is 1.64 bits per heavy atom. The van der Waals surface area contributed by atoms with Gasteiger partial charge in [-0.15, -0.1) is 0 Å². The Morgan fingerprint density at radius 3 is 3.43 bits per heavy atom. The molecule has 2 aromatic rings. The summed E-state index contributed by atoms with van der Waals surface area (Å²) in [6, 6.07) is 2.01. The highest BCUT2D eigenvalue weighted by Gasteiger charge is 2.15. The molecule has 0 saturated carbocycles. The third-order valence-electron chi connectivity index (χ3n) is 2.41. The van der Waals surface area contributed by atoms with Crippen molar-refractivity contribution in [1.29, 1.82) is 0 Å². The van der Waals surface area contributed by atoms with Gasteiger partial charge >= 0.3 is 0 Å². The van der Waals surface area contributed by atoms with E-state index in [9.17, 15) is 0 Å². The number of thiophene rings is 1. The van der Waals surface area contributed by atoms with Crippen LogP contribution in [0.15, 0.2) is 16.9 Å². The van der Waals surface area contributed by atoms with Gasteiger partial charge < -0.3 is 9.73 Å². The predicted molar refractivity (Wildman–Crippen MR) is 56.5 cm³/mol. The van der Waals surface area contributed by atoms with Crippen molar-refractivity contribution in [3.05, 3.63) is 12.5 Å². The fraction of sp³-hybridized carbons (Fsp3) is 0.444. The lowest BCUT2D eigenvalue weighted by Gasteiger charge is -2.11. The van der Waals surface area contributed by atoms with E-state index in [4.69, 9.17) is 4.42 Å². The SMILES string of the molecule is c1nc2sc(NC3CCCN3)cc2o1. The third-order valence-corrected chi connectivity index (χ3v) is 3.36. The van der Waals surface area contributed by atoms with Crippen LogP contribution < -0.4 is 10.6 Å². The zero-order valence-corrected chi connectivity index (χ0v) is 8.43. The van der Waals surface area contributed by atoms with Crippen LogP contribution in [-0.4, -0.2) is 17.7 Å². The molecule has 0 bridgehead atoms. The standard InChI is InChI=1S/C9H11N3OS/c1-2-7(10-3-1)12-8-4-6-9(14-8)11-5-13-6/h4-5,7,10,12H,1-3H2. The van der Waals surface area contributed by atoms with Crippen LogP contribution in [0.3, 0.4) is 0 Å². The molecule has 5 heteroatoms. The summed E-state index contributed by atoms with van der Waals surface area (Å²) in [6.07, 6.45) is 4.33. The minimum atomic E-state index is 0.415. The van der Waals surface area contributed by atoms with Crippen LogP contribution in [0.4, 0.5) is 5.00 Å². The number of hydrogen-bond acceptors (Lipinski definition) is 5. The lowest BCUT2D eigenvalue weighted by atomic mass is 10.3. The summed E-state index contributed by atoms with van der Waals surface area (Å²) in [7, 11) is 0. The molecule has 1 unspecified atom stereocenters. The molecular weight excluding hydrogens is 198 g/mol. The van der Waals surface area contributed by atoms with Crippen molar-refractivity contribution in [3.8, 4) is 0 Å². The van der Waals surface area contributed by atoms with E-state index in [1.165, 1.54) is 19.2 Å². The summed E-state index contributed by atoms with van der Waals surface area (Å²) in [5.41, 5.74) is 0.871. The van der Waals surface area contributed by atoms with Crippen molar-refractivity contribution >= 4 is 26.8 Å². The van der Waals surface area contributed by atoms with E-state index in [-0.39, 0.29) is 0 Å². The Morgan fingerprint density at radius 2 is 2.64 bits per heavy atom. The molecule has 4 nitrogen and oxygen atoms in total. The smallest absolute Gasteiger partial charge is 0.182 e. The lowest BCUT2D eigenvalue weighted by Crippen LogP contribution is -2.29. The van der Waals surface area contributed by atoms with Gasteiger partial charge in [0.05, 0.1) is 11.2 Å². The lowest BCUT2D eigenvalue weighted by molar-refractivity contribution is 0.602. The van der Waals surface area contributed by atoms with Crippen LogP contribution in [0.2, 0.25) is 0 Å². The predicted octanol–water partition coefficient (Wildman–Crippen LogP) is 2.01. The molecule has 1 atom stereocenters. The highest BCUT2D eigenvalue weighted by Crippen LogP contribution is 2.29. The minimum Gasteiger partial charge on any atom is -0.442 e. The quantitative estimate of drug-likeness (QED) is 0.794. The number of hydrogen-bond donors (Lipinski definition) is 2. The second kappa shape index (κ2) is 3.25. The van der Waals surface area contributed by atoms with E-state index >= 15 is 0 Å². The molecule has 1 aliphatic rings. The van der Waals surface area contributed by atoms with E-state index < -0.39 is 0 Å². The first-order chi connectivity index (χ1) is 6.92. The topological polar surface area (TPSA) is 50.1 Å². The van der Waals surface area contributed by atoms with Crippen LogP contribution in [0.25, 0.3) is 10.4 Å². The summed E-state index contributed by atoms with van der Waals surface area (Å²) in [5, 5.41) is 7.94. The molecule has 0 aliphatic carbocycles. The van der Waals surface area contributed by atoms with Gasteiger partial charge in [-0.2, -0.15) is 0 Å². The van der Waals surface area contributed by atoms with E-state index in [1.807, 2.05) is 6.07 Å². The van der Waals surface area contributed by atoms with E-state index in [0.29, 0.717) is 6.17 Å². The average molecular weight is 209 g/mol. The van der Waals surface area contributed by atoms with Crippen molar-refractivity contribution in [3.63, 3.8) is 0 Å². The Bertz CT molecular complexity index is 401. The minimum absolute atomic E-state index is 0.415.